The van der Waals surface area contributed by atoms with Crippen molar-refractivity contribution in [3.63, 3.8) is 0 Å². The highest BCUT2D eigenvalue weighted by molar-refractivity contribution is 7.09. The van der Waals surface area contributed by atoms with Crippen molar-refractivity contribution in [2.75, 3.05) is 31.2 Å². The van der Waals surface area contributed by atoms with Crippen molar-refractivity contribution in [3.8, 4) is 0 Å². The van der Waals surface area contributed by atoms with E-state index < -0.39 is 5.97 Å². The molecule has 31 heavy (non-hydrogen) atoms. The highest BCUT2D eigenvalue weighted by Crippen LogP contribution is 2.20. The molecule has 0 radical (unpaired) electrons. The van der Waals surface area contributed by atoms with Gasteiger partial charge in [-0.15, -0.1) is 11.3 Å². The summed E-state index contributed by atoms with van der Waals surface area (Å²) in [6, 6.07) is 3.83. The fourth-order valence-corrected chi connectivity index (χ4v) is 4.41. The molecule has 0 saturated carbocycles. The van der Waals surface area contributed by atoms with Crippen molar-refractivity contribution in [1.82, 2.24) is 14.4 Å². The van der Waals surface area contributed by atoms with Crippen LogP contribution < -0.4 is 10.5 Å². The predicted octanol–water partition coefficient (Wildman–Crippen LogP) is 2.43. The third kappa shape index (κ3) is 4.83. The lowest BCUT2D eigenvalue weighted by molar-refractivity contribution is -0.131. The minimum absolute atomic E-state index is 0.268. The van der Waals surface area contributed by atoms with Gasteiger partial charge in [0.05, 0.1) is 29.5 Å². The highest BCUT2D eigenvalue weighted by atomic mass is 32.1. The van der Waals surface area contributed by atoms with Gasteiger partial charge in [-0.05, 0) is 36.6 Å². The van der Waals surface area contributed by atoms with Crippen molar-refractivity contribution in [1.29, 1.82) is 0 Å². The molecule has 3 aromatic heterocycles. The number of anilines is 1. The number of aryl methyl sites for hydroxylation is 3. The van der Waals surface area contributed by atoms with E-state index in [0.717, 1.165) is 41.6 Å². The van der Waals surface area contributed by atoms with Crippen molar-refractivity contribution >= 4 is 34.8 Å². The lowest BCUT2D eigenvalue weighted by Crippen LogP contribution is -2.38. The van der Waals surface area contributed by atoms with Crippen LogP contribution in [0.3, 0.4) is 0 Å². The molecule has 0 aromatic carbocycles. The van der Waals surface area contributed by atoms with Gasteiger partial charge < -0.3 is 14.7 Å². The van der Waals surface area contributed by atoms with Crippen LogP contribution >= 0.6 is 11.3 Å². The number of hydrogen-bond acceptors (Lipinski definition) is 7. The summed E-state index contributed by atoms with van der Waals surface area (Å²) in [5.74, 6) is -0.614. The smallest absolute Gasteiger partial charge is 0.328 e. The van der Waals surface area contributed by atoms with Gasteiger partial charge >= 0.3 is 5.97 Å². The van der Waals surface area contributed by atoms with Gasteiger partial charge in [-0.1, -0.05) is 6.92 Å². The van der Waals surface area contributed by atoms with Gasteiger partial charge in [0, 0.05) is 37.2 Å². The number of carboxylic acid groups (broad SMARTS) is 1. The third-order valence-electron chi connectivity index (χ3n) is 5.20. The zero-order chi connectivity index (χ0) is 21.8. The average molecular weight is 441 g/mol. The molecule has 4 heterocycles. The third-order valence-corrected chi connectivity index (χ3v) is 6.16. The minimum Gasteiger partial charge on any atom is -0.478 e. The first kappa shape index (κ1) is 21.2. The number of carboxylic acids is 1. The fraction of sp³-hybridized carbons (Fsp3) is 0.364. The lowest BCUT2D eigenvalue weighted by atomic mass is 10.1. The van der Waals surface area contributed by atoms with E-state index in [2.05, 4.69) is 17.3 Å². The number of thiazole rings is 1. The number of aromatic nitrogens is 3. The maximum Gasteiger partial charge on any atom is 0.328 e. The molecule has 9 heteroatoms. The van der Waals surface area contributed by atoms with E-state index in [9.17, 15) is 9.59 Å². The highest BCUT2D eigenvalue weighted by Gasteiger charge is 2.19. The van der Waals surface area contributed by atoms with E-state index in [-0.39, 0.29) is 11.1 Å². The van der Waals surface area contributed by atoms with E-state index >= 15 is 0 Å². The number of ether oxygens (including phenoxy) is 1. The average Bonchev–Trinajstić information content (AvgIpc) is 3.25. The number of nitrogens with zero attached hydrogens (tertiary/aromatic N) is 4. The molecular weight excluding hydrogens is 416 g/mol. The number of aliphatic carboxylic acids is 1. The standard InChI is InChI=1S/C22H24N4O4S/c1-2-16-14-31-19(23-16)5-3-15-7-8-26-18(13-15)24-21(25-9-11-30-12-10-25)17(22(26)29)4-6-20(27)28/h4,6-8,13-14H,2-3,5,9-12H2,1H3,(H,27,28)/b6-4+. The van der Waals surface area contributed by atoms with Crippen LogP contribution in [0.5, 0.6) is 0 Å². The zero-order valence-electron chi connectivity index (χ0n) is 17.3. The number of fused-ring (bicyclic) bond motifs is 1. The van der Waals surface area contributed by atoms with Crippen LogP contribution in [0.25, 0.3) is 11.7 Å². The summed E-state index contributed by atoms with van der Waals surface area (Å²) in [4.78, 5) is 35.5. The molecule has 0 bridgehead atoms. The van der Waals surface area contributed by atoms with Gasteiger partial charge in [-0.3, -0.25) is 9.20 Å². The Labute approximate surface area is 183 Å². The minimum atomic E-state index is -1.11. The Morgan fingerprint density at radius 1 is 1.29 bits per heavy atom. The zero-order valence-corrected chi connectivity index (χ0v) is 18.1. The van der Waals surface area contributed by atoms with Crippen molar-refractivity contribution in [2.45, 2.75) is 26.2 Å². The van der Waals surface area contributed by atoms with Crippen LogP contribution in [0, 0.1) is 0 Å². The Kier molecular flexibility index (Phi) is 6.43. The van der Waals surface area contributed by atoms with Crippen LogP contribution in [0.15, 0.2) is 34.6 Å². The van der Waals surface area contributed by atoms with Gasteiger partial charge in [-0.2, -0.15) is 0 Å². The first-order valence-electron chi connectivity index (χ1n) is 10.3. The molecule has 1 fully saturated rings. The molecule has 1 aliphatic rings. The molecule has 0 atom stereocenters. The molecule has 162 valence electrons. The second kappa shape index (κ2) is 9.40. The maximum atomic E-state index is 13.1. The molecule has 4 rings (SSSR count). The molecule has 0 unspecified atom stereocenters. The predicted molar refractivity (Wildman–Crippen MR) is 120 cm³/mol. The molecule has 3 aromatic rings. The van der Waals surface area contributed by atoms with E-state index in [1.807, 2.05) is 17.0 Å². The first-order valence-corrected chi connectivity index (χ1v) is 11.2. The topological polar surface area (TPSA) is 97.0 Å². The second-order valence-electron chi connectivity index (χ2n) is 7.27. The molecule has 1 saturated heterocycles. The number of hydrogen-bond donors (Lipinski definition) is 1. The van der Waals surface area contributed by atoms with Crippen LogP contribution in [-0.2, 0) is 28.8 Å². The van der Waals surface area contributed by atoms with E-state index in [1.54, 1.807) is 17.5 Å². The normalized spacial score (nSPS) is 14.5. The monoisotopic (exact) mass is 440 g/mol. The molecule has 0 spiro atoms. The summed E-state index contributed by atoms with van der Waals surface area (Å²) in [5, 5.41) is 12.2. The van der Waals surface area contributed by atoms with Crippen molar-refractivity contribution in [2.24, 2.45) is 0 Å². The Hall–Kier alpha value is -3.04. The Morgan fingerprint density at radius 2 is 2.10 bits per heavy atom. The molecule has 0 aliphatic carbocycles. The second-order valence-corrected chi connectivity index (χ2v) is 8.22. The summed E-state index contributed by atoms with van der Waals surface area (Å²) in [6.07, 6.45) is 6.58. The summed E-state index contributed by atoms with van der Waals surface area (Å²) in [6.45, 7) is 4.37. The molecule has 1 aliphatic heterocycles. The summed E-state index contributed by atoms with van der Waals surface area (Å²) >= 11 is 1.67. The van der Waals surface area contributed by atoms with Gasteiger partial charge in [0.1, 0.15) is 11.5 Å². The SMILES string of the molecule is CCc1csc(CCc2ccn3c(=O)c(/C=C/C(=O)O)c(N4CCOCC4)nc3c2)n1. The molecule has 1 N–H and O–H groups in total. The van der Waals surface area contributed by atoms with Gasteiger partial charge in [0.2, 0.25) is 0 Å². The van der Waals surface area contributed by atoms with Crippen molar-refractivity contribution < 1.29 is 14.6 Å². The van der Waals surface area contributed by atoms with E-state index in [1.165, 1.54) is 10.5 Å². The Bertz CT molecular complexity index is 1180. The quantitative estimate of drug-likeness (QED) is 0.564. The number of pyridine rings is 1. The maximum absolute atomic E-state index is 13.1. The summed E-state index contributed by atoms with van der Waals surface area (Å²) < 4.78 is 6.88. The molecule has 0 amide bonds. The number of rotatable bonds is 7. The van der Waals surface area contributed by atoms with Gasteiger partial charge in [-0.25, -0.2) is 14.8 Å². The van der Waals surface area contributed by atoms with E-state index in [4.69, 9.17) is 14.8 Å². The Balaban J connectivity index is 1.69. The summed E-state index contributed by atoms with van der Waals surface area (Å²) in [7, 11) is 0. The van der Waals surface area contributed by atoms with Gasteiger partial charge in [0.25, 0.3) is 5.56 Å². The van der Waals surface area contributed by atoms with E-state index in [0.29, 0.717) is 37.8 Å². The van der Waals surface area contributed by atoms with Crippen LogP contribution in [0.2, 0.25) is 0 Å². The van der Waals surface area contributed by atoms with Crippen LogP contribution in [0.4, 0.5) is 5.82 Å². The molecular formula is C22H24N4O4S. The first-order chi connectivity index (χ1) is 15.0. The van der Waals surface area contributed by atoms with Crippen LogP contribution in [-0.4, -0.2) is 51.7 Å². The van der Waals surface area contributed by atoms with Crippen LogP contribution in [0.1, 0.15) is 28.8 Å². The lowest BCUT2D eigenvalue weighted by Gasteiger charge is -2.29. The number of morpholine rings is 1. The Morgan fingerprint density at radius 3 is 2.81 bits per heavy atom. The largest absolute Gasteiger partial charge is 0.478 e. The fourth-order valence-electron chi connectivity index (χ4n) is 3.53. The number of carbonyl (C=O) groups is 1. The summed E-state index contributed by atoms with van der Waals surface area (Å²) in [5.41, 5.74) is 2.71. The molecule has 8 nitrogen and oxygen atoms in total. The van der Waals surface area contributed by atoms with Crippen molar-refractivity contribution in [3.05, 3.63) is 62.0 Å². The van der Waals surface area contributed by atoms with Gasteiger partial charge in [0.15, 0.2) is 0 Å².